The molecule has 2 heterocycles. The van der Waals surface area contributed by atoms with Gasteiger partial charge in [-0.1, -0.05) is 23.5 Å². The summed E-state index contributed by atoms with van der Waals surface area (Å²) in [4.78, 5) is 10.6. The molecular weight excluding hydrogens is 282 g/mol. The summed E-state index contributed by atoms with van der Waals surface area (Å²) in [5, 5.41) is 2.66. The molecule has 4 nitrogen and oxygen atoms in total. The van der Waals surface area contributed by atoms with Gasteiger partial charge in [-0.05, 0) is 31.5 Å². The lowest BCUT2D eigenvalue weighted by Crippen LogP contribution is -2.32. The maximum absolute atomic E-state index is 5.97. The van der Waals surface area contributed by atoms with Gasteiger partial charge in [-0.15, -0.1) is 6.58 Å². The Balaban J connectivity index is 1.89. The number of allylic oxidation sites excluding steroid dienone is 1. The average Bonchev–Trinajstić information content (AvgIpc) is 2.98. The molecule has 0 saturated carbocycles. The minimum Gasteiger partial charge on any atom is -0.465 e. The van der Waals surface area contributed by atoms with Crippen molar-refractivity contribution in [2.45, 2.75) is 25.5 Å². The summed E-state index contributed by atoms with van der Waals surface area (Å²) in [6.07, 6.45) is 9.40. The number of hydrogen-bond acceptors (Lipinski definition) is 5. The van der Waals surface area contributed by atoms with E-state index in [9.17, 15) is 0 Å². The van der Waals surface area contributed by atoms with E-state index < -0.39 is 0 Å². The molecule has 2 aromatic heterocycles. The van der Waals surface area contributed by atoms with Gasteiger partial charge in [0.1, 0.15) is 6.10 Å². The Morgan fingerprint density at radius 2 is 2.38 bits per heavy atom. The van der Waals surface area contributed by atoms with Crippen molar-refractivity contribution >= 4 is 11.3 Å². The maximum atomic E-state index is 5.97. The third kappa shape index (κ3) is 5.65. The quantitative estimate of drug-likeness (QED) is 0.666. The highest BCUT2D eigenvalue weighted by molar-refractivity contribution is 7.11. The largest absolute Gasteiger partial charge is 0.465 e. The molecule has 0 fully saturated rings. The summed E-state index contributed by atoms with van der Waals surface area (Å²) in [5.74, 6) is 0. The van der Waals surface area contributed by atoms with Gasteiger partial charge >= 0.3 is 0 Å². The van der Waals surface area contributed by atoms with Crippen LogP contribution in [-0.4, -0.2) is 34.6 Å². The molecule has 0 amide bonds. The van der Waals surface area contributed by atoms with E-state index in [1.807, 2.05) is 23.7 Å². The molecule has 2 aromatic rings. The Morgan fingerprint density at radius 3 is 3.05 bits per heavy atom. The molecule has 112 valence electrons. The summed E-state index contributed by atoms with van der Waals surface area (Å²) in [7, 11) is 2.10. The van der Waals surface area contributed by atoms with E-state index in [1.165, 1.54) is 16.9 Å². The zero-order valence-electron chi connectivity index (χ0n) is 12.3. The van der Waals surface area contributed by atoms with Gasteiger partial charge in [0.2, 0.25) is 0 Å². The number of thiazole rings is 1. The van der Waals surface area contributed by atoms with Gasteiger partial charge < -0.3 is 4.74 Å². The van der Waals surface area contributed by atoms with Crippen LogP contribution in [0.3, 0.4) is 0 Å². The molecule has 0 aliphatic carbocycles. The van der Waals surface area contributed by atoms with E-state index in [1.54, 1.807) is 12.4 Å². The van der Waals surface area contributed by atoms with E-state index >= 15 is 0 Å². The number of nitrogens with zero attached hydrogens (tertiary/aromatic N) is 3. The summed E-state index contributed by atoms with van der Waals surface area (Å²) in [6.45, 7) is 5.50. The van der Waals surface area contributed by atoms with Gasteiger partial charge in [0.25, 0.3) is 5.19 Å². The van der Waals surface area contributed by atoms with Gasteiger partial charge in [0.15, 0.2) is 0 Å². The number of rotatable bonds is 9. The Hall–Kier alpha value is -1.72. The molecule has 1 atom stereocenters. The molecule has 2 rings (SSSR count). The standard InChI is InChI=1S/C16H21N3OS/c1-3-4-7-15(20-16-18-9-10-21-16)13-19(2)12-14-6-5-8-17-11-14/h3,5-6,8-11,15H,1,4,7,12-13H2,2H3. The highest BCUT2D eigenvalue weighted by atomic mass is 32.1. The van der Waals surface area contributed by atoms with Crippen molar-refractivity contribution in [3.05, 3.63) is 54.3 Å². The normalized spacial score (nSPS) is 12.3. The van der Waals surface area contributed by atoms with Crippen LogP contribution in [-0.2, 0) is 6.54 Å². The fraction of sp³-hybridized carbons (Fsp3) is 0.375. The summed E-state index contributed by atoms with van der Waals surface area (Å²) in [5.41, 5.74) is 1.21. The molecule has 0 radical (unpaired) electrons. The van der Waals surface area contributed by atoms with Crippen molar-refractivity contribution in [2.75, 3.05) is 13.6 Å². The smallest absolute Gasteiger partial charge is 0.273 e. The zero-order chi connectivity index (χ0) is 14.9. The van der Waals surface area contributed by atoms with E-state index in [2.05, 4.69) is 34.6 Å². The minimum absolute atomic E-state index is 0.121. The van der Waals surface area contributed by atoms with Crippen LogP contribution in [0.25, 0.3) is 0 Å². The van der Waals surface area contributed by atoms with Crippen molar-refractivity contribution in [2.24, 2.45) is 0 Å². The molecule has 0 bridgehead atoms. The molecule has 1 unspecified atom stereocenters. The van der Waals surface area contributed by atoms with Crippen molar-refractivity contribution in [1.29, 1.82) is 0 Å². The fourth-order valence-corrected chi connectivity index (χ4v) is 2.67. The second kappa shape index (κ2) is 8.54. The number of hydrogen-bond donors (Lipinski definition) is 0. The van der Waals surface area contributed by atoms with Gasteiger partial charge in [-0.2, -0.15) is 0 Å². The number of likely N-dealkylation sites (N-methyl/N-ethyl adjacent to an activating group) is 1. The predicted octanol–water partition coefficient (Wildman–Crippen LogP) is 3.38. The van der Waals surface area contributed by atoms with E-state index in [0.29, 0.717) is 0 Å². The lowest BCUT2D eigenvalue weighted by molar-refractivity contribution is 0.136. The van der Waals surface area contributed by atoms with Crippen molar-refractivity contribution in [3.63, 3.8) is 0 Å². The van der Waals surface area contributed by atoms with Crippen LogP contribution >= 0.6 is 11.3 Å². The Kier molecular flexibility index (Phi) is 6.37. The number of aromatic nitrogens is 2. The van der Waals surface area contributed by atoms with Crippen LogP contribution in [0.1, 0.15) is 18.4 Å². The number of ether oxygens (including phenoxy) is 1. The topological polar surface area (TPSA) is 38.2 Å². The highest BCUT2D eigenvalue weighted by Crippen LogP contribution is 2.18. The van der Waals surface area contributed by atoms with Crippen LogP contribution in [0.2, 0.25) is 0 Å². The highest BCUT2D eigenvalue weighted by Gasteiger charge is 2.14. The minimum atomic E-state index is 0.121. The third-order valence-corrected chi connectivity index (χ3v) is 3.72. The molecule has 0 aliphatic rings. The first kappa shape index (κ1) is 15.7. The molecule has 0 aliphatic heterocycles. The van der Waals surface area contributed by atoms with Crippen molar-refractivity contribution < 1.29 is 4.74 Å². The fourth-order valence-electron chi connectivity index (χ4n) is 2.12. The van der Waals surface area contributed by atoms with Gasteiger partial charge in [-0.25, -0.2) is 4.98 Å². The Labute approximate surface area is 130 Å². The van der Waals surface area contributed by atoms with Crippen LogP contribution in [0, 0.1) is 0 Å². The third-order valence-electron chi connectivity index (χ3n) is 3.06. The second-order valence-electron chi connectivity index (χ2n) is 4.96. The Bertz CT molecular complexity index is 516. The molecule has 0 N–H and O–H groups in total. The molecule has 0 saturated heterocycles. The van der Waals surface area contributed by atoms with Crippen LogP contribution in [0.4, 0.5) is 0 Å². The SMILES string of the molecule is C=CCCC(CN(C)Cc1cccnc1)Oc1nccs1. The lowest BCUT2D eigenvalue weighted by Gasteiger charge is -2.23. The van der Waals surface area contributed by atoms with Crippen LogP contribution in [0.15, 0.2) is 48.8 Å². The lowest BCUT2D eigenvalue weighted by atomic mass is 10.1. The molecule has 21 heavy (non-hydrogen) atoms. The first-order chi connectivity index (χ1) is 10.3. The molecule has 0 aromatic carbocycles. The molecule has 5 heteroatoms. The molecule has 0 spiro atoms. The monoisotopic (exact) mass is 303 g/mol. The summed E-state index contributed by atoms with van der Waals surface area (Å²) < 4.78 is 5.97. The second-order valence-corrected chi connectivity index (χ2v) is 5.82. The van der Waals surface area contributed by atoms with E-state index in [4.69, 9.17) is 4.74 Å². The van der Waals surface area contributed by atoms with Crippen LogP contribution in [0.5, 0.6) is 5.19 Å². The Morgan fingerprint density at radius 1 is 1.48 bits per heavy atom. The van der Waals surface area contributed by atoms with E-state index in [-0.39, 0.29) is 6.10 Å². The van der Waals surface area contributed by atoms with Gasteiger partial charge in [0.05, 0.1) is 0 Å². The van der Waals surface area contributed by atoms with Crippen molar-refractivity contribution in [3.8, 4) is 5.19 Å². The van der Waals surface area contributed by atoms with E-state index in [0.717, 1.165) is 31.1 Å². The predicted molar refractivity (Wildman–Crippen MR) is 86.5 cm³/mol. The first-order valence-corrected chi connectivity index (χ1v) is 7.90. The average molecular weight is 303 g/mol. The van der Waals surface area contributed by atoms with Crippen LogP contribution < -0.4 is 4.74 Å². The summed E-state index contributed by atoms with van der Waals surface area (Å²) in [6, 6.07) is 4.05. The van der Waals surface area contributed by atoms with Gasteiger partial charge in [0, 0.05) is 37.1 Å². The van der Waals surface area contributed by atoms with Gasteiger partial charge in [-0.3, -0.25) is 9.88 Å². The number of pyridine rings is 1. The summed E-state index contributed by atoms with van der Waals surface area (Å²) >= 11 is 1.53. The molecular formula is C16H21N3OS. The zero-order valence-corrected chi connectivity index (χ0v) is 13.1. The van der Waals surface area contributed by atoms with Crippen molar-refractivity contribution in [1.82, 2.24) is 14.9 Å². The maximum Gasteiger partial charge on any atom is 0.273 e. The first-order valence-electron chi connectivity index (χ1n) is 7.02.